The molecule has 1 atom stereocenters. The molecule has 0 saturated carbocycles. The van der Waals surface area contributed by atoms with Crippen LogP contribution in [0.25, 0.3) is 0 Å². The summed E-state index contributed by atoms with van der Waals surface area (Å²) < 4.78 is 10.7. The summed E-state index contributed by atoms with van der Waals surface area (Å²) in [5.74, 6) is -0.577. The van der Waals surface area contributed by atoms with Crippen LogP contribution < -0.4 is 0 Å². The highest BCUT2D eigenvalue weighted by molar-refractivity contribution is 5.70. The average Bonchev–Trinajstić information content (AvgIpc) is 3.36. The summed E-state index contributed by atoms with van der Waals surface area (Å²) in [6.07, 6.45) is 80.2. The molecule has 0 spiro atoms. The second-order valence-electron chi connectivity index (χ2n) is 21.5. The van der Waals surface area contributed by atoms with E-state index in [0.29, 0.717) is 12.8 Å². The lowest BCUT2D eigenvalue weighted by Gasteiger charge is -2.15. The van der Waals surface area contributed by atoms with Crippen molar-refractivity contribution in [3.05, 3.63) is 36.5 Å². The number of aliphatic hydroxyl groups is 1. The van der Waals surface area contributed by atoms with Crippen molar-refractivity contribution < 1.29 is 24.2 Å². The van der Waals surface area contributed by atoms with Gasteiger partial charge in [-0.1, -0.05) is 301 Å². The van der Waals surface area contributed by atoms with E-state index in [0.717, 1.165) is 44.9 Å². The average molecular weight is 984 g/mol. The Balaban J connectivity index is 3.37. The van der Waals surface area contributed by atoms with Crippen LogP contribution in [0.4, 0.5) is 0 Å². The van der Waals surface area contributed by atoms with Crippen LogP contribution in [0.1, 0.15) is 348 Å². The molecule has 0 fully saturated rings. The van der Waals surface area contributed by atoms with Crippen LogP contribution in [0, 0.1) is 0 Å². The molecule has 0 amide bonds. The Labute approximate surface area is 437 Å². The van der Waals surface area contributed by atoms with Crippen LogP contribution in [0.2, 0.25) is 0 Å². The number of carbonyl (C=O) groups is 2. The maximum atomic E-state index is 12.3. The summed E-state index contributed by atoms with van der Waals surface area (Å²) in [5, 5.41) is 9.65. The van der Waals surface area contributed by atoms with Crippen molar-refractivity contribution in [2.24, 2.45) is 0 Å². The number of carbonyl (C=O) groups excluding carboxylic acids is 2. The molecule has 0 aliphatic heterocycles. The van der Waals surface area contributed by atoms with Crippen molar-refractivity contribution in [2.45, 2.75) is 354 Å². The van der Waals surface area contributed by atoms with Gasteiger partial charge in [-0.2, -0.15) is 0 Å². The van der Waals surface area contributed by atoms with E-state index in [1.165, 1.54) is 276 Å². The molecule has 0 aliphatic rings. The zero-order valence-corrected chi connectivity index (χ0v) is 47.3. The highest BCUT2D eigenvalue weighted by Crippen LogP contribution is 2.18. The third-order valence-corrected chi connectivity index (χ3v) is 14.4. The van der Waals surface area contributed by atoms with Crippen molar-refractivity contribution in [2.75, 3.05) is 13.2 Å². The Hall–Kier alpha value is -1.88. The fourth-order valence-electron chi connectivity index (χ4n) is 9.64. The topological polar surface area (TPSA) is 72.8 Å². The minimum absolute atomic E-state index is 0.0628. The maximum absolute atomic E-state index is 12.3. The Kier molecular flexibility index (Phi) is 59.8. The molecule has 0 aromatic carbocycles. The predicted molar refractivity (Wildman–Crippen MR) is 307 cm³/mol. The first-order valence-electron chi connectivity index (χ1n) is 31.5. The molecule has 412 valence electrons. The number of aliphatic hydroxyl groups excluding tert-OH is 1. The first-order valence-corrected chi connectivity index (χ1v) is 31.5. The van der Waals surface area contributed by atoms with Gasteiger partial charge in [-0.15, -0.1) is 0 Å². The van der Waals surface area contributed by atoms with Crippen molar-refractivity contribution in [1.29, 1.82) is 0 Å². The van der Waals surface area contributed by atoms with Gasteiger partial charge in [0.05, 0.1) is 6.61 Å². The van der Waals surface area contributed by atoms with Gasteiger partial charge in [-0.3, -0.25) is 9.59 Å². The van der Waals surface area contributed by atoms with Crippen LogP contribution in [-0.2, 0) is 19.1 Å². The summed E-state index contributed by atoms with van der Waals surface area (Å²) in [5.41, 5.74) is 0. The zero-order chi connectivity index (χ0) is 50.6. The second-order valence-corrected chi connectivity index (χ2v) is 21.5. The summed E-state index contributed by atoms with van der Waals surface area (Å²) >= 11 is 0. The van der Waals surface area contributed by atoms with Gasteiger partial charge in [0.1, 0.15) is 6.61 Å². The molecule has 0 radical (unpaired) electrons. The summed E-state index contributed by atoms with van der Waals surface area (Å²) in [6.45, 7) is 4.16. The SMILES string of the molecule is CCCCCCC/C=C\C/C=C\CCCCCCCCCCCCCCCCCCCCCCCCCCCCCC(=O)OC(CO)COC(=O)CCCCCCCCC/C=C\CCCCCCCC. The van der Waals surface area contributed by atoms with Gasteiger partial charge in [0.25, 0.3) is 0 Å². The van der Waals surface area contributed by atoms with E-state index < -0.39 is 6.10 Å². The van der Waals surface area contributed by atoms with Crippen LogP contribution in [0.15, 0.2) is 36.5 Å². The van der Waals surface area contributed by atoms with Crippen LogP contribution >= 0.6 is 0 Å². The number of allylic oxidation sites excluding steroid dienone is 6. The van der Waals surface area contributed by atoms with E-state index in [1.54, 1.807) is 0 Å². The molecule has 1 N–H and O–H groups in total. The van der Waals surface area contributed by atoms with Crippen LogP contribution in [0.5, 0.6) is 0 Å². The van der Waals surface area contributed by atoms with Gasteiger partial charge in [-0.05, 0) is 70.6 Å². The van der Waals surface area contributed by atoms with Crippen molar-refractivity contribution in [1.82, 2.24) is 0 Å². The molecule has 5 heteroatoms. The molecular weight excluding hydrogens is 861 g/mol. The molecule has 0 bridgehead atoms. The molecule has 0 aliphatic carbocycles. The number of hydrogen-bond acceptors (Lipinski definition) is 5. The first-order chi connectivity index (χ1) is 34.6. The van der Waals surface area contributed by atoms with Crippen molar-refractivity contribution in [3.63, 3.8) is 0 Å². The standard InChI is InChI=1S/C65H122O5/c1-3-5-7-9-11-13-15-17-19-21-22-23-24-25-26-27-28-29-30-31-32-33-34-35-36-37-38-39-40-41-42-44-46-48-50-52-54-56-58-60-65(68)70-63(61-66)62-69-64(67)59-57-55-53-51-49-47-45-43-20-18-16-14-12-10-8-6-4-2/h15,17-18,20-22,63,66H,3-14,16,19,23-62H2,1-2H3/b17-15-,20-18-,22-21-. The molecule has 0 rings (SSSR count). The molecule has 70 heavy (non-hydrogen) atoms. The smallest absolute Gasteiger partial charge is 0.306 e. The highest BCUT2D eigenvalue weighted by Gasteiger charge is 2.16. The Morgan fingerprint density at radius 3 is 0.857 bits per heavy atom. The zero-order valence-electron chi connectivity index (χ0n) is 47.3. The number of rotatable bonds is 59. The van der Waals surface area contributed by atoms with Gasteiger partial charge in [0, 0.05) is 12.8 Å². The molecule has 0 aromatic heterocycles. The lowest BCUT2D eigenvalue weighted by molar-refractivity contribution is -0.161. The molecule has 5 nitrogen and oxygen atoms in total. The van der Waals surface area contributed by atoms with Gasteiger partial charge in [0.15, 0.2) is 6.10 Å². The van der Waals surface area contributed by atoms with E-state index in [2.05, 4.69) is 50.3 Å². The van der Waals surface area contributed by atoms with Crippen molar-refractivity contribution in [3.8, 4) is 0 Å². The lowest BCUT2D eigenvalue weighted by Crippen LogP contribution is -2.28. The minimum atomic E-state index is -0.771. The number of unbranched alkanes of at least 4 members (excludes halogenated alkanes) is 45. The fraction of sp³-hybridized carbons (Fsp3) is 0.877. The molecular formula is C65H122O5. The number of esters is 2. The summed E-state index contributed by atoms with van der Waals surface area (Å²) in [4.78, 5) is 24.5. The third-order valence-electron chi connectivity index (χ3n) is 14.4. The Morgan fingerprint density at radius 2 is 0.571 bits per heavy atom. The Bertz CT molecular complexity index is 1110. The molecule has 0 aromatic rings. The van der Waals surface area contributed by atoms with Gasteiger partial charge >= 0.3 is 11.9 Å². The van der Waals surface area contributed by atoms with E-state index in [-0.39, 0.29) is 25.2 Å². The van der Waals surface area contributed by atoms with Gasteiger partial charge in [0.2, 0.25) is 0 Å². The molecule has 0 saturated heterocycles. The van der Waals surface area contributed by atoms with E-state index in [9.17, 15) is 14.7 Å². The van der Waals surface area contributed by atoms with Crippen LogP contribution in [0.3, 0.4) is 0 Å². The Morgan fingerprint density at radius 1 is 0.329 bits per heavy atom. The fourth-order valence-corrected chi connectivity index (χ4v) is 9.64. The number of ether oxygens (including phenoxy) is 2. The molecule has 0 heterocycles. The van der Waals surface area contributed by atoms with Gasteiger partial charge in [-0.25, -0.2) is 0 Å². The second kappa shape index (κ2) is 61.4. The maximum Gasteiger partial charge on any atom is 0.306 e. The van der Waals surface area contributed by atoms with E-state index >= 15 is 0 Å². The largest absolute Gasteiger partial charge is 0.462 e. The summed E-state index contributed by atoms with van der Waals surface area (Å²) in [6, 6.07) is 0. The van der Waals surface area contributed by atoms with Crippen molar-refractivity contribution >= 4 is 11.9 Å². The first kappa shape index (κ1) is 68.1. The van der Waals surface area contributed by atoms with E-state index in [1.807, 2.05) is 0 Å². The summed E-state index contributed by atoms with van der Waals surface area (Å²) in [7, 11) is 0. The van der Waals surface area contributed by atoms with Gasteiger partial charge < -0.3 is 14.6 Å². The normalized spacial score (nSPS) is 12.3. The molecule has 1 unspecified atom stereocenters. The predicted octanol–water partition coefficient (Wildman–Crippen LogP) is 21.4. The quantitative estimate of drug-likeness (QED) is 0.0373. The van der Waals surface area contributed by atoms with Crippen LogP contribution in [-0.4, -0.2) is 36.4 Å². The number of hydrogen-bond donors (Lipinski definition) is 1. The van der Waals surface area contributed by atoms with E-state index in [4.69, 9.17) is 9.47 Å². The highest BCUT2D eigenvalue weighted by atomic mass is 16.6. The lowest BCUT2D eigenvalue weighted by atomic mass is 10.0. The third kappa shape index (κ3) is 58.7. The minimum Gasteiger partial charge on any atom is -0.462 e. The monoisotopic (exact) mass is 983 g/mol.